The maximum atomic E-state index is 5.74. The van der Waals surface area contributed by atoms with Crippen molar-refractivity contribution in [1.29, 1.82) is 0 Å². The third-order valence-corrected chi connectivity index (χ3v) is 15.3. The Labute approximate surface area is 667 Å². The van der Waals surface area contributed by atoms with Gasteiger partial charge in [0.25, 0.3) is 0 Å². The molecule has 8 N–H and O–H groups in total. The number of pyridine rings is 2. The van der Waals surface area contributed by atoms with Gasteiger partial charge in [0, 0.05) is 109 Å². The molecule has 574 valence electrons. The van der Waals surface area contributed by atoms with E-state index in [0.717, 1.165) is 107 Å². The first-order chi connectivity index (χ1) is 49.1. The van der Waals surface area contributed by atoms with Gasteiger partial charge in [-0.05, 0) is 113 Å². The van der Waals surface area contributed by atoms with Gasteiger partial charge in [-0.2, -0.15) is 0 Å². The summed E-state index contributed by atoms with van der Waals surface area (Å²) in [7, 11) is 0. The van der Waals surface area contributed by atoms with E-state index in [-0.39, 0.29) is 72.1 Å². The molecule has 22 heteroatoms. The number of aromatic amines is 2. The lowest BCUT2D eigenvalue weighted by molar-refractivity contribution is 0.902. The molecular weight excluding hydrogens is 1440 g/mol. The standard InChI is InChI=1S/2C19H16N4.2C11H10ClN3.2C7H9N.C4H2Cl2N2.9CH4/c1-2-5-14(6-3-1)8-9-15-10-12-21-19(23-15)17-13-22-18-16(17)7-4-11-20-18;1-2-5-14(6-3-1)8-9-15-11-18(23-13-22-15)17-12-21-19-16(17)7-4-10-20-19;12-10-6-11(15-8-14-10)13-7-9-4-2-1-3-5-9;12-11-13-7-6-10(15-11)14-8-9-4-2-1-3-5-9;2*8-6-7-4-2-1-3-5-7;5-3-1-4(6)8-2-7-3;;;;;;;;;/h1-7,10-13H,8-9H2,(H,20,22);1-7,10-13H,8-9H2,(H,20,21);1-6,8H,7H2,(H,13,14,15);1-7H,8H2,(H,13,14,15);2*1-5H,6,8H2;1-2H;9*1H4. The first-order valence-electron chi connectivity index (χ1n) is 31.8. The fraction of sp³-hybridized carbons (Fsp3) is 0.195. The van der Waals surface area contributed by atoms with Gasteiger partial charge in [0.1, 0.15) is 57.4 Å². The van der Waals surface area contributed by atoms with Crippen molar-refractivity contribution >= 4 is 80.1 Å². The number of hydrogen-bond donors (Lipinski definition) is 6. The third-order valence-electron chi connectivity index (χ3n) is 14.5. The van der Waals surface area contributed by atoms with Crippen LogP contribution in [-0.4, -0.2) is 69.8 Å². The molecule has 0 radical (unpaired) electrons. The number of nitrogens with one attached hydrogen (secondary N) is 4. The summed E-state index contributed by atoms with van der Waals surface area (Å²) in [5, 5.41) is 9.90. The third kappa shape index (κ3) is 34.5. The number of hydrogen-bond acceptors (Lipinski definition) is 16. The monoisotopic (exact) mass is 1540 g/mol. The van der Waals surface area contributed by atoms with Crippen molar-refractivity contribution in [2.45, 2.75) is 119 Å². The van der Waals surface area contributed by atoms with Crippen LogP contribution in [0.2, 0.25) is 20.7 Å². The van der Waals surface area contributed by atoms with Gasteiger partial charge in [0.05, 0.1) is 5.69 Å². The van der Waals surface area contributed by atoms with Crippen LogP contribution < -0.4 is 22.1 Å². The van der Waals surface area contributed by atoms with Crippen LogP contribution in [0, 0.1) is 0 Å². The minimum Gasteiger partial charge on any atom is -0.366 e. The van der Waals surface area contributed by atoms with Gasteiger partial charge in [-0.1, -0.05) is 284 Å². The molecule has 0 aliphatic carbocycles. The van der Waals surface area contributed by atoms with Crippen molar-refractivity contribution in [3.8, 4) is 22.6 Å². The molecule has 0 atom stereocenters. The van der Waals surface area contributed by atoms with Crippen LogP contribution in [0.1, 0.15) is 112 Å². The second-order valence-electron chi connectivity index (χ2n) is 21.6. The molecule has 15 aromatic rings. The molecule has 6 aromatic carbocycles. The zero-order valence-corrected chi connectivity index (χ0v) is 57.4. The highest BCUT2D eigenvalue weighted by molar-refractivity contribution is 6.33. The molecule has 15 rings (SSSR count). The van der Waals surface area contributed by atoms with Crippen molar-refractivity contribution < 1.29 is 0 Å². The quantitative estimate of drug-likeness (QED) is 0.0388. The average Bonchev–Trinajstić information content (AvgIpc) is 1.68. The number of nitrogens with two attached hydrogens (primary N) is 2. The lowest BCUT2D eigenvalue weighted by Gasteiger charge is -2.04. The van der Waals surface area contributed by atoms with Crippen molar-refractivity contribution in [1.82, 2.24) is 69.8 Å². The molecule has 0 saturated carbocycles. The van der Waals surface area contributed by atoms with Crippen LogP contribution >= 0.6 is 46.4 Å². The highest BCUT2D eigenvalue weighted by atomic mass is 35.5. The Morgan fingerprint density at radius 1 is 0.312 bits per heavy atom. The van der Waals surface area contributed by atoms with Gasteiger partial charge in [0.2, 0.25) is 5.28 Å². The molecule has 0 bridgehead atoms. The van der Waals surface area contributed by atoms with E-state index >= 15 is 0 Å². The summed E-state index contributed by atoms with van der Waals surface area (Å²) in [5.41, 5.74) is 25.0. The lowest BCUT2D eigenvalue weighted by Crippen LogP contribution is -2.01. The highest BCUT2D eigenvalue weighted by Gasteiger charge is 2.12. The normalized spacial score (nSPS) is 9.38. The zero-order valence-electron chi connectivity index (χ0n) is 54.4. The summed E-state index contributed by atoms with van der Waals surface area (Å²) in [4.78, 5) is 55.9. The number of fused-ring (bicyclic) bond motifs is 2. The molecule has 0 aliphatic heterocycles. The van der Waals surface area contributed by atoms with Crippen LogP contribution in [0.15, 0.2) is 293 Å². The number of rotatable bonds is 16. The summed E-state index contributed by atoms with van der Waals surface area (Å²) in [6.45, 7) is 2.74. The first kappa shape index (κ1) is 97.8. The Balaban J connectivity index is 0.00000128. The van der Waals surface area contributed by atoms with Crippen LogP contribution in [0.3, 0.4) is 0 Å². The minimum absolute atomic E-state index is 0. The maximum Gasteiger partial charge on any atom is 0.224 e. The summed E-state index contributed by atoms with van der Waals surface area (Å²) in [6, 6.07) is 78.1. The lowest BCUT2D eigenvalue weighted by atomic mass is 10.1. The number of aromatic nitrogens is 14. The van der Waals surface area contributed by atoms with Gasteiger partial charge in [-0.15, -0.1) is 0 Å². The number of H-pyrrole nitrogens is 2. The summed E-state index contributed by atoms with van der Waals surface area (Å²) < 4.78 is 0. The second kappa shape index (κ2) is 55.2. The average molecular weight is 1550 g/mol. The van der Waals surface area contributed by atoms with E-state index in [0.29, 0.717) is 28.5 Å². The van der Waals surface area contributed by atoms with Crippen molar-refractivity contribution in [2.24, 2.45) is 11.5 Å². The second-order valence-corrected chi connectivity index (χ2v) is 23.1. The maximum absolute atomic E-state index is 5.74. The molecule has 18 nitrogen and oxygen atoms in total. The number of benzene rings is 6. The Kier molecular flexibility index (Phi) is 49.6. The molecule has 9 heterocycles. The van der Waals surface area contributed by atoms with Crippen LogP contribution in [-0.2, 0) is 51.9 Å². The van der Waals surface area contributed by atoms with E-state index in [4.69, 9.17) is 62.9 Å². The van der Waals surface area contributed by atoms with Gasteiger partial charge < -0.3 is 32.1 Å². The fourth-order valence-electron chi connectivity index (χ4n) is 9.47. The topological polar surface area (TPSA) is 262 Å². The Morgan fingerprint density at radius 2 is 0.716 bits per heavy atom. The van der Waals surface area contributed by atoms with E-state index in [1.54, 1.807) is 37.1 Å². The van der Waals surface area contributed by atoms with Crippen molar-refractivity contribution in [3.63, 3.8) is 0 Å². The number of aryl methyl sites for hydroxylation is 4. The smallest absolute Gasteiger partial charge is 0.224 e. The van der Waals surface area contributed by atoms with Gasteiger partial charge >= 0.3 is 0 Å². The van der Waals surface area contributed by atoms with Gasteiger partial charge in [0.15, 0.2) is 5.82 Å². The molecular formula is C87H108Cl4N18. The van der Waals surface area contributed by atoms with E-state index < -0.39 is 0 Å². The van der Waals surface area contributed by atoms with Crippen LogP contribution in [0.5, 0.6) is 0 Å². The molecule has 0 saturated heterocycles. The number of nitrogens with zero attached hydrogens (tertiary/aromatic N) is 12. The van der Waals surface area contributed by atoms with Gasteiger partial charge in [-0.3, -0.25) is 0 Å². The number of halogens is 4. The summed E-state index contributed by atoms with van der Waals surface area (Å²) in [6.07, 6.45) is 19.1. The Bertz CT molecular complexity index is 4480. The largest absolute Gasteiger partial charge is 0.366 e. The van der Waals surface area contributed by atoms with E-state index in [2.05, 4.69) is 160 Å². The fourth-order valence-corrected chi connectivity index (χ4v) is 10.1. The predicted molar refractivity (Wildman–Crippen MR) is 465 cm³/mol. The highest BCUT2D eigenvalue weighted by Crippen LogP contribution is 2.27. The predicted octanol–water partition coefficient (Wildman–Crippen LogP) is 22.9. The Hall–Kier alpha value is -11.2. The zero-order chi connectivity index (χ0) is 69.6. The van der Waals surface area contributed by atoms with Crippen molar-refractivity contribution in [2.75, 3.05) is 10.6 Å². The molecule has 0 fully saturated rings. The van der Waals surface area contributed by atoms with Crippen molar-refractivity contribution in [3.05, 3.63) is 358 Å². The van der Waals surface area contributed by atoms with Crippen LogP contribution in [0.25, 0.3) is 44.7 Å². The van der Waals surface area contributed by atoms with E-state index in [1.165, 1.54) is 52.1 Å². The number of anilines is 2. The molecule has 0 unspecified atom stereocenters. The first-order valence-corrected chi connectivity index (χ1v) is 33.3. The summed E-state index contributed by atoms with van der Waals surface area (Å²) in [5.74, 6) is 2.22. The Morgan fingerprint density at radius 3 is 1.16 bits per heavy atom. The molecule has 9 aromatic heterocycles. The van der Waals surface area contributed by atoms with Gasteiger partial charge in [-0.25, -0.2) is 59.8 Å². The molecule has 0 aliphatic rings. The molecule has 0 amide bonds. The van der Waals surface area contributed by atoms with Crippen LogP contribution in [0.4, 0.5) is 11.6 Å². The SMILES string of the molecule is C.C.C.C.C.C.C.C.C.Clc1cc(Cl)ncn1.Clc1cc(NCc2ccccc2)ncn1.Clc1nccc(NCc2ccccc2)n1.NCc1ccccc1.NCc1ccccc1.c1ccc(CCc2cc(-c3c[nH]c4ncccc34)ncn2)cc1.c1ccc(CCc2ccnc(-c3c[nH]c4ncccc34)n2)cc1. The van der Waals surface area contributed by atoms with E-state index in [9.17, 15) is 0 Å². The van der Waals surface area contributed by atoms with E-state index in [1.807, 2.05) is 152 Å². The molecule has 0 spiro atoms. The molecule has 109 heavy (non-hydrogen) atoms. The summed E-state index contributed by atoms with van der Waals surface area (Å²) >= 11 is 22.2. The minimum atomic E-state index is 0.